The van der Waals surface area contributed by atoms with Crippen molar-refractivity contribution < 1.29 is 15.0 Å². The molecule has 0 bridgehead atoms. The number of nitrogens with zero attached hydrogens (tertiary/aromatic N) is 2. The number of aliphatic hydroxyl groups excluding tert-OH is 1. The van der Waals surface area contributed by atoms with Gasteiger partial charge in [0, 0.05) is 18.8 Å². The molecule has 0 radical (unpaired) electrons. The minimum absolute atomic E-state index is 0.276. The van der Waals surface area contributed by atoms with Crippen LogP contribution in [-0.4, -0.2) is 40.4 Å². The first kappa shape index (κ1) is 14.8. The van der Waals surface area contributed by atoms with Crippen molar-refractivity contribution in [2.45, 2.75) is 39.2 Å². The minimum atomic E-state index is -0.915. The van der Waals surface area contributed by atoms with Crippen LogP contribution in [0.25, 0.3) is 0 Å². The van der Waals surface area contributed by atoms with Gasteiger partial charge in [0.05, 0.1) is 11.7 Å². The lowest BCUT2D eigenvalue weighted by Crippen LogP contribution is -2.37. The van der Waals surface area contributed by atoms with E-state index in [1.54, 1.807) is 12.1 Å². The van der Waals surface area contributed by atoms with Crippen LogP contribution in [0.4, 0.5) is 5.82 Å². The Balaban J connectivity index is 2.17. The number of anilines is 1. The number of aliphatic hydroxyl groups is 1. The second-order valence-corrected chi connectivity index (χ2v) is 5.43. The van der Waals surface area contributed by atoms with Gasteiger partial charge < -0.3 is 15.1 Å². The molecule has 1 aromatic rings. The molecule has 5 heteroatoms. The van der Waals surface area contributed by atoms with Crippen molar-refractivity contribution in [2.75, 3.05) is 18.0 Å². The van der Waals surface area contributed by atoms with Crippen molar-refractivity contribution in [1.29, 1.82) is 0 Å². The van der Waals surface area contributed by atoms with Gasteiger partial charge in [-0.1, -0.05) is 6.92 Å². The van der Waals surface area contributed by atoms with Gasteiger partial charge in [0.25, 0.3) is 0 Å². The van der Waals surface area contributed by atoms with E-state index in [1.807, 2.05) is 13.8 Å². The van der Waals surface area contributed by atoms with Gasteiger partial charge in [-0.3, -0.25) is 0 Å². The van der Waals surface area contributed by atoms with Gasteiger partial charge in [-0.05, 0) is 44.2 Å². The number of hydrogen-bond donors (Lipinski definition) is 2. The second-order valence-electron chi connectivity index (χ2n) is 5.43. The number of aromatic carboxylic acids is 1. The van der Waals surface area contributed by atoms with Crippen LogP contribution >= 0.6 is 0 Å². The molecule has 2 rings (SSSR count). The van der Waals surface area contributed by atoms with E-state index >= 15 is 0 Å². The summed E-state index contributed by atoms with van der Waals surface area (Å²) in [6, 6.07) is 3.28. The molecule has 1 fully saturated rings. The van der Waals surface area contributed by atoms with Crippen LogP contribution in [-0.2, 0) is 6.42 Å². The van der Waals surface area contributed by atoms with Crippen LogP contribution in [0.3, 0.4) is 0 Å². The topological polar surface area (TPSA) is 73.7 Å². The SMILES string of the molecule is CCc1cc(C(=O)O)cc(N2CCC(C(C)O)CC2)n1. The Morgan fingerprint density at radius 2 is 2.10 bits per heavy atom. The highest BCUT2D eigenvalue weighted by molar-refractivity contribution is 5.88. The summed E-state index contributed by atoms with van der Waals surface area (Å²) in [5.74, 6) is 0.160. The van der Waals surface area contributed by atoms with Crippen LogP contribution in [0.1, 0.15) is 42.7 Å². The first-order valence-corrected chi connectivity index (χ1v) is 7.18. The van der Waals surface area contributed by atoms with E-state index in [-0.39, 0.29) is 6.10 Å². The lowest BCUT2D eigenvalue weighted by atomic mass is 9.92. The molecule has 1 aliphatic rings. The summed E-state index contributed by atoms with van der Waals surface area (Å²) in [5, 5.41) is 18.8. The number of carbonyl (C=O) groups is 1. The quantitative estimate of drug-likeness (QED) is 0.880. The number of hydrogen-bond acceptors (Lipinski definition) is 4. The molecule has 0 aromatic carbocycles. The van der Waals surface area contributed by atoms with Crippen molar-refractivity contribution in [3.05, 3.63) is 23.4 Å². The number of rotatable bonds is 4. The molecule has 1 atom stereocenters. The molecule has 0 spiro atoms. The Morgan fingerprint density at radius 1 is 1.45 bits per heavy atom. The fourth-order valence-electron chi connectivity index (χ4n) is 2.65. The number of pyridine rings is 1. The van der Waals surface area contributed by atoms with Gasteiger partial charge in [-0.2, -0.15) is 0 Å². The third-order valence-corrected chi connectivity index (χ3v) is 4.02. The molecule has 1 unspecified atom stereocenters. The molecule has 1 aromatic heterocycles. The van der Waals surface area contributed by atoms with Crippen molar-refractivity contribution >= 4 is 11.8 Å². The van der Waals surface area contributed by atoms with E-state index in [4.69, 9.17) is 5.11 Å². The Kier molecular flexibility index (Phi) is 4.60. The summed E-state index contributed by atoms with van der Waals surface area (Å²) >= 11 is 0. The smallest absolute Gasteiger partial charge is 0.335 e. The zero-order valence-electron chi connectivity index (χ0n) is 12.0. The van der Waals surface area contributed by atoms with Crippen LogP contribution < -0.4 is 4.90 Å². The summed E-state index contributed by atoms with van der Waals surface area (Å²) in [7, 11) is 0. The zero-order valence-corrected chi connectivity index (χ0v) is 12.0. The van der Waals surface area contributed by atoms with Gasteiger partial charge in [-0.15, -0.1) is 0 Å². The molecule has 0 aliphatic carbocycles. The zero-order chi connectivity index (χ0) is 14.7. The molecule has 2 N–H and O–H groups in total. The summed E-state index contributed by atoms with van der Waals surface area (Å²) < 4.78 is 0. The predicted molar refractivity (Wildman–Crippen MR) is 77.2 cm³/mol. The molecular weight excluding hydrogens is 256 g/mol. The van der Waals surface area contributed by atoms with Gasteiger partial charge in [0.15, 0.2) is 0 Å². The van der Waals surface area contributed by atoms with E-state index in [0.29, 0.717) is 11.5 Å². The van der Waals surface area contributed by atoms with Crippen molar-refractivity contribution in [2.24, 2.45) is 5.92 Å². The molecule has 20 heavy (non-hydrogen) atoms. The van der Waals surface area contributed by atoms with Crippen LogP contribution in [0, 0.1) is 5.92 Å². The predicted octanol–water partition coefficient (Wildman–Crippen LogP) is 1.94. The van der Waals surface area contributed by atoms with E-state index in [1.165, 1.54) is 0 Å². The van der Waals surface area contributed by atoms with E-state index in [9.17, 15) is 9.90 Å². The molecule has 0 amide bonds. The fraction of sp³-hybridized carbons (Fsp3) is 0.600. The summed E-state index contributed by atoms with van der Waals surface area (Å²) in [6.07, 6.45) is 2.27. The maximum atomic E-state index is 11.2. The number of aromatic nitrogens is 1. The van der Waals surface area contributed by atoms with Crippen LogP contribution in [0.2, 0.25) is 0 Å². The highest BCUT2D eigenvalue weighted by Crippen LogP contribution is 2.25. The largest absolute Gasteiger partial charge is 0.478 e. The maximum absolute atomic E-state index is 11.2. The normalized spacial score (nSPS) is 18.1. The van der Waals surface area contributed by atoms with Gasteiger partial charge >= 0.3 is 5.97 Å². The lowest BCUT2D eigenvalue weighted by Gasteiger charge is -2.34. The number of aryl methyl sites for hydroxylation is 1. The molecule has 5 nitrogen and oxygen atoms in total. The molecule has 2 heterocycles. The van der Waals surface area contributed by atoms with E-state index in [0.717, 1.165) is 43.9 Å². The van der Waals surface area contributed by atoms with Crippen molar-refractivity contribution in [3.8, 4) is 0 Å². The van der Waals surface area contributed by atoms with Gasteiger partial charge in [-0.25, -0.2) is 9.78 Å². The number of piperidine rings is 1. The standard InChI is InChI=1S/C15H22N2O3/c1-3-13-8-12(15(19)20)9-14(16-13)17-6-4-11(5-7-17)10(2)18/h8-11,18H,3-7H2,1-2H3,(H,19,20). The second kappa shape index (κ2) is 6.22. The molecular formula is C15H22N2O3. The highest BCUT2D eigenvalue weighted by Gasteiger charge is 2.24. The third-order valence-electron chi connectivity index (χ3n) is 4.02. The highest BCUT2D eigenvalue weighted by atomic mass is 16.4. The third kappa shape index (κ3) is 3.28. The van der Waals surface area contributed by atoms with E-state index in [2.05, 4.69) is 9.88 Å². The van der Waals surface area contributed by atoms with Gasteiger partial charge in [0.2, 0.25) is 0 Å². The molecule has 110 valence electrons. The van der Waals surface area contributed by atoms with Crippen molar-refractivity contribution in [3.63, 3.8) is 0 Å². The maximum Gasteiger partial charge on any atom is 0.335 e. The number of carboxylic acid groups (broad SMARTS) is 1. The molecule has 0 saturated carbocycles. The fourth-order valence-corrected chi connectivity index (χ4v) is 2.65. The average Bonchev–Trinajstić information content (AvgIpc) is 2.46. The first-order valence-electron chi connectivity index (χ1n) is 7.18. The van der Waals surface area contributed by atoms with Crippen molar-refractivity contribution in [1.82, 2.24) is 4.98 Å². The minimum Gasteiger partial charge on any atom is -0.478 e. The van der Waals surface area contributed by atoms with Crippen LogP contribution in [0.5, 0.6) is 0 Å². The summed E-state index contributed by atoms with van der Waals surface area (Å²) in [4.78, 5) is 17.8. The first-order chi connectivity index (χ1) is 9.51. The molecule has 1 saturated heterocycles. The Labute approximate surface area is 119 Å². The van der Waals surface area contributed by atoms with Crippen LogP contribution in [0.15, 0.2) is 12.1 Å². The Bertz CT molecular complexity index is 480. The average molecular weight is 278 g/mol. The molecule has 1 aliphatic heterocycles. The van der Waals surface area contributed by atoms with Gasteiger partial charge in [0.1, 0.15) is 5.82 Å². The lowest BCUT2D eigenvalue weighted by molar-refractivity contribution is 0.0696. The summed E-state index contributed by atoms with van der Waals surface area (Å²) in [5.41, 5.74) is 1.10. The number of carboxylic acids is 1. The Hall–Kier alpha value is -1.62. The monoisotopic (exact) mass is 278 g/mol. The summed E-state index contributed by atoms with van der Waals surface area (Å²) in [6.45, 7) is 5.43. The Morgan fingerprint density at radius 3 is 2.60 bits per heavy atom. The van der Waals surface area contributed by atoms with E-state index < -0.39 is 5.97 Å².